The Balaban J connectivity index is 1.76. The van der Waals surface area contributed by atoms with E-state index in [-0.39, 0.29) is 10.6 Å². The molecule has 0 saturated carbocycles. The summed E-state index contributed by atoms with van der Waals surface area (Å²) < 4.78 is 2.08. The van der Waals surface area contributed by atoms with Crippen LogP contribution in [0.5, 0.6) is 0 Å². The van der Waals surface area contributed by atoms with Crippen LogP contribution in [-0.4, -0.2) is 9.49 Å². The van der Waals surface area contributed by atoms with Gasteiger partial charge in [0.25, 0.3) is 5.69 Å². The van der Waals surface area contributed by atoms with E-state index in [0.717, 1.165) is 28.0 Å². The number of anilines is 1. The number of hydrogen-bond donors (Lipinski definition) is 0. The molecule has 2 aromatic carbocycles. The van der Waals surface area contributed by atoms with E-state index in [0.29, 0.717) is 6.54 Å². The van der Waals surface area contributed by atoms with Crippen molar-refractivity contribution in [2.24, 2.45) is 7.05 Å². The number of aromatic nitrogens is 1. The number of nitro benzene ring substituents is 1. The highest BCUT2D eigenvalue weighted by molar-refractivity contribution is 5.89. The van der Waals surface area contributed by atoms with Crippen LogP contribution in [0.3, 0.4) is 0 Å². The highest BCUT2D eigenvalue weighted by Gasteiger charge is 2.25. The van der Waals surface area contributed by atoms with Gasteiger partial charge in [-0.15, -0.1) is 0 Å². The highest BCUT2D eigenvalue weighted by Crippen LogP contribution is 2.38. The molecule has 0 radical (unpaired) electrons. The molecule has 3 aromatic rings. The fourth-order valence-corrected chi connectivity index (χ4v) is 3.18. The van der Waals surface area contributed by atoms with E-state index in [1.54, 1.807) is 12.1 Å². The van der Waals surface area contributed by atoms with Gasteiger partial charge < -0.3 is 9.47 Å². The molecule has 1 aliphatic heterocycles. The van der Waals surface area contributed by atoms with Crippen LogP contribution in [0.25, 0.3) is 16.6 Å². The molecule has 4 rings (SSSR count). The minimum Gasteiger partial charge on any atom is -0.350 e. The normalized spacial score (nSPS) is 13.6. The topological polar surface area (TPSA) is 51.3 Å². The van der Waals surface area contributed by atoms with Crippen LogP contribution in [0, 0.1) is 10.1 Å². The lowest BCUT2D eigenvalue weighted by atomic mass is 10.1. The van der Waals surface area contributed by atoms with Gasteiger partial charge in [0.2, 0.25) is 0 Å². The van der Waals surface area contributed by atoms with Crippen molar-refractivity contribution in [2.75, 3.05) is 4.90 Å². The summed E-state index contributed by atoms with van der Waals surface area (Å²) in [6.45, 7) is 4.77. The quantitative estimate of drug-likeness (QED) is 0.529. The molecule has 0 amide bonds. The lowest BCUT2D eigenvalue weighted by molar-refractivity contribution is -0.384. The van der Waals surface area contributed by atoms with Crippen molar-refractivity contribution in [3.8, 4) is 0 Å². The number of non-ortho nitro benzene ring substituents is 1. The number of nitrogens with zero attached hydrogens (tertiary/aromatic N) is 3. The zero-order valence-electron chi connectivity index (χ0n) is 12.7. The van der Waals surface area contributed by atoms with Crippen LogP contribution in [0.15, 0.2) is 55.2 Å². The molecule has 2 heterocycles. The van der Waals surface area contributed by atoms with E-state index in [2.05, 4.69) is 40.3 Å². The van der Waals surface area contributed by atoms with Crippen LogP contribution in [-0.2, 0) is 13.6 Å². The van der Waals surface area contributed by atoms with Crippen molar-refractivity contribution in [1.82, 2.24) is 4.57 Å². The van der Waals surface area contributed by atoms with Gasteiger partial charge in [0.1, 0.15) is 0 Å². The molecule has 0 atom stereocenters. The summed E-state index contributed by atoms with van der Waals surface area (Å²) in [5.74, 6) is 0. The average Bonchev–Trinajstić information content (AvgIpc) is 3.08. The monoisotopic (exact) mass is 305 g/mol. The molecular weight excluding hydrogens is 290 g/mol. The van der Waals surface area contributed by atoms with E-state index in [1.807, 2.05) is 13.2 Å². The van der Waals surface area contributed by atoms with Crippen LogP contribution in [0.2, 0.25) is 0 Å². The van der Waals surface area contributed by atoms with Crippen molar-refractivity contribution in [1.29, 1.82) is 0 Å². The first-order chi connectivity index (χ1) is 11.0. The maximum Gasteiger partial charge on any atom is 0.269 e. The smallest absolute Gasteiger partial charge is 0.269 e. The van der Waals surface area contributed by atoms with Gasteiger partial charge in [-0.1, -0.05) is 12.6 Å². The van der Waals surface area contributed by atoms with Crippen LogP contribution in [0.4, 0.5) is 11.4 Å². The Kier molecular flexibility index (Phi) is 2.78. The number of hydrogen-bond acceptors (Lipinski definition) is 3. The van der Waals surface area contributed by atoms with Crippen molar-refractivity contribution in [3.05, 3.63) is 76.5 Å². The van der Waals surface area contributed by atoms with E-state index in [1.165, 1.54) is 11.5 Å². The molecule has 0 saturated heterocycles. The summed E-state index contributed by atoms with van der Waals surface area (Å²) in [4.78, 5) is 12.7. The minimum atomic E-state index is -0.359. The lowest BCUT2D eigenvalue weighted by Gasteiger charge is -2.19. The SMILES string of the molecule is C=C1c2ccc([N+](=O)[O-])cc2CN1c1ccc2ccn(C)c2c1. The van der Waals surface area contributed by atoms with Gasteiger partial charge in [-0.05, 0) is 35.2 Å². The average molecular weight is 305 g/mol. The summed E-state index contributed by atoms with van der Waals surface area (Å²) in [6.07, 6.45) is 2.03. The van der Waals surface area contributed by atoms with Crippen LogP contribution in [0.1, 0.15) is 11.1 Å². The predicted octanol–water partition coefficient (Wildman–Crippen LogP) is 4.08. The molecule has 114 valence electrons. The number of rotatable bonds is 2. The van der Waals surface area contributed by atoms with Crippen molar-refractivity contribution in [3.63, 3.8) is 0 Å². The molecule has 23 heavy (non-hydrogen) atoms. The van der Waals surface area contributed by atoms with E-state index >= 15 is 0 Å². The Morgan fingerprint density at radius 3 is 2.78 bits per heavy atom. The number of nitro groups is 1. The van der Waals surface area contributed by atoms with Gasteiger partial charge in [-0.2, -0.15) is 0 Å². The molecule has 1 aromatic heterocycles. The number of aryl methyl sites for hydroxylation is 1. The summed E-state index contributed by atoms with van der Waals surface area (Å²) in [5, 5.41) is 12.1. The van der Waals surface area contributed by atoms with Gasteiger partial charge in [-0.3, -0.25) is 10.1 Å². The summed E-state index contributed by atoms with van der Waals surface area (Å²) in [5.41, 5.74) is 5.11. The van der Waals surface area contributed by atoms with Gasteiger partial charge >= 0.3 is 0 Å². The third-order valence-electron chi connectivity index (χ3n) is 4.45. The molecule has 0 fully saturated rings. The Labute approximate surface area is 133 Å². The van der Waals surface area contributed by atoms with Crippen molar-refractivity contribution in [2.45, 2.75) is 6.54 Å². The second-order valence-electron chi connectivity index (χ2n) is 5.80. The van der Waals surface area contributed by atoms with Crippen LogP contribution >= 0.6 is 0 Å². The summed E-state index contributed by atoms with van der Waals surface area (Å²) in [7, 11) is 2.02. The molecule has 0 N–H and O–H groups in total. The fourth-order valence-electron chi connectivity index (χ4n) is 3.18. The predicted molar refractivity (Wildman–Crippen MR) is 91.2 cm³/mol. The summed E-state index contributed by atoms with van der Waals surface area (Å²) in [6, 6.07) is 13.3. The molecule has 0 bridgehead atoms. The van der Waals surface area contributed by atoms with Crippen LogP contribution < -0.4 is 4.90 Å². The fraction of sp³-hybridized carbons (Fsp3) is 0.111. The molecule has 5 heteroatoms. The Bertz CT molecular complexity index is 972. The number of benzene rings is 2. The molecule has 0 spiro atoms. The third kappa shape index (κ3) is 2.01. The number of fused-ring (bicyclic) bond motifs is 2. The molecule has 5 nitrogen and oxygen atoms in total. The van der Waals surface area contributed by atoms with Gasteiger partial charge in [-0.25, -0.2) is 0 Å². The summed E-state index contributed by atoms with van der Waals surface area (Å²) >= 11 is 0. The Morgan fingerprint density at radius 1 is 1.17 bits per heavy atom. The zero-order chi connectivity index (χ0) is 16.1. The maximum atomic E-state index is 11.0. The van der Waals surface area contributed by atoms with Gasteiger partial charge in [0.15, 0.2) is 0 Å². The van der Waals surface area contributed by atoms with Crippen molar-refractivity contribution < 1.29 is 4.92 Å². The first-order valence-electron chi connectivity index (χ1n) is 7.34. The zero-order valence-corrected chi connectivity index (χ0v) is 12.7. The third-order valence-corrected chi connectivity index (χ3v) is 4.45. The first kappa shape index (κ1) is 13.6. The highest BCUT2D eigenvalue weighted by atomic mass is 16.6. The lowest BCUT2D eigenvalue weighted by Crippen LogP contribution is -2.12. The standard InChI is InChI=1S/C18H15N3O2/c1-12-17-6-5-16(21(22)23)9-14(17)11-20(12)15-4-3-13-7-8-19(2)18(13)10-15/h3-10H,1,11H2,2H3. The van der Waals surface area contributed by atoms with Crippen molar-refractivity contribution >= 4 is 28.0 Å². The van der Waals surface area contributed by atoms with E-state index in [4.69, 9.17) is 0 Å². The second-order valence-corrected chi connectivity index (χ2v) is 5.80. The van der Waals surface area contributed by atoms with E-state index in [9.17, 15) is 10.1 Å². The molecule has 1 aliphatic rings. The van der Waals surface area contributed by atoms with E-state index < -0.39 is 0 Å². The second kappa shape index (κ2) is 4.71. The first-order valence-corrected chi connectivity index (χ1v) is 7.34. The van der Waals surface area contributed by atoms with Gasteiger partial charge in [0, 0.05) is 54.4 Å². The Hall–Kier alpha value is -3.08. The molecular formula is C18H15N3O2. The largest absolute Gasteiger partial charge is 0.350 e. The minimum absolute atomic E-state index is 0.122. The maximum absolute atomic E-state index is 11.0. The Morgan fingerprint density at radius 2 is 2.00 bits per heavy atom. The molecule has 0 aliphatic carbocycles. The van der Waals surface area contributed by atoms with Gasteiger partial charge in [0.05, 0.1) is 4.92 Å². The molecule has 0 unspecified atom stereocenters.